The molecule has 9 heteroatoms. The molecule has 4 aromatic rings. The van der Waals surface area contributed by atoms with Gasteiger partial charge in [-0.15, -0.1) is 10.2 Å². The molecule has 0 aliphatic carbocycles. The van der Waals surface area contributed by atoms with Crippen molar-refractivity contribution in [3.05, 3.63) is 82.2 Å². The van der Waals surface area contributed by atoms with E-state index in [-0.39, 0.29) is 11.7 Å². The average Bonchev–Trinajstić information content (AvgIpc) is 3.40. The lowest BCUT2D eigenvalue weighted by Crippen LogP contribution is -2.15. The number of furan rings is 1. The maximum atomic E-state index is 12.5. The van der Waals surface area contributed by atoms with E-state index in [1.54, 1.807) is 30.5 Å². The Bertz CT molecular complexity index is 1190. The molecule has 1 N–H and O–H groups in total. The zero-order chi connectivity index (χ0) is 21.8. The minimum Gasteiger partial charge on any atom is -0.467 e. The molecule has 0 fully saturated rings. The van der Waals surface area contributed by atoms with Crippen molar-refractivity contribution in [3.63, 3.8) is 0 Å². The number of thioether (sulfide) groups is 1. The van der Waals surface area contributed by atoms with Crippen LogP contribution in [0.3, 0.4) is 0 Å². The van der Waals surface area contributed by atoms with Crippen LogP contribution in [-0.2, 0) is 11.3 Å². The first-order valence-electron chi connectivity index (χ1n) is 9.40. The van der Waals surface area contributed by atoms with Crippen molar-refractivity contribution >= 4 is 46.6 Å². The van der Waals surface area contributed by atoms with E-state index in [9.17, 15) is 4.79 Å². The fraction of sp³-hybridized carbons (Fsp3) is 0.136. The molecule has 2 aromatic carbocycles. The van der Waals surface area contributed by atoms with Gasteiger partial charge in [0.05, 0.1) is 18.6 Å². The number of carbonyl (C=O) groups is 1. The van der Waals surface area contributed by atoms with Crippen LogP contribution >= 0.6 is 35.0 Å². The van der Waals surface area contributed by atoms with E-state index >= 15 is 0 Å². The normalized spacial score (nSPS) is 10.9. The monoisotopic (exact) mass is 472 g/mol. The van der Waals surface area contributed by atoms with E-state index in [4.69, 9.17) is 27.6 Å². The molecule has 0 spiro atoms. The van der Waals surface area contributed by atoms with Gasteiger partial charge in [-0.3, -0.25) is 9.36 Å². The summed E-state index contributed by atoms with van der Waals surface area (Å²) in [6.45, 7) is 2.34. The molecule has 6 nitrogen and oxygen atoms in total. The summed E-state index contributed by atoms with van der Waals surface area (Å²) < 4.78 is 7.43. The summed E-state index contributed by atoms with van der Waals surface area (Å²) in [7, 11) is 0. The Morgan fingerprint density at radius 3 is 2.58 bits per heavy atom. The minimum atomic E-state index is -0.143. The summed E-state index contributed by atoms with van der Waals surface area (Å²) in [4.78, 5) is 12.5. The summed E-state index contributed by atoms with van der Waals surface area (Å²) in [6, 6.07) is 16.4. The highest BCUT2D eigenvalue weighted by Crippen LogP contribution is 2.27. The van der Waals surface area contributed by atoms with Crippen LogP contribution in [0.1, 0.15) is 11.3 Å². The Labute approximate surface area is 193 Å². The third kappa shape index (κ3) is 5.31. The molecule has 0 unspecified atom stereocenters. The minimum absolute atomic E-state index is 0.143. The van der Waals surface area contributed by atoms with E-state index in [0.29, 0.717) is 27.6 Å². The van der Waals surface area contributed by atoms with E-state index in [2.05, 4.69) is 15.5 Å². The topological polar surface area (TPSA) is 73.0 Å². The lowest BCUT2D eigenvalue weighted by molar-refractivity contribution is -0.113. The number of hydrogen-bond donors (Lipinski definition) is 1. The summed E-state index contributed by atoms with van der Waals surface area (Å²) >= 11 is 13.3. The summed E-state index contributed by atoms with van der Waals surface area (Å²) in [5.74, 6) is 1.47. The number of carbonyl (C=O) groups excluding carboxylic acids is 1. The predicted molar refractivity (Wildman–Crippen MR) is 124 cm³/mol. The predicted octanol–water partition coefficient (Wildman–Crippen LogP) is 5.93. The van der Waals surface area contributed by atoms with Crippen molar-refractivity contribution in [2.75, 3.05) is 11.1 Å². The Balaban J connectivity index is 1.53. The van der Waals surface area contributed by atoms with E-state index in [0.717, 1.165) is 22.6 Å². The summed E-state index contributed by atoms with van der Waals surface area (Å²) in [6.07, 6.45) is 1.62. The van der Waals surface area contributed by atoms with Gasteiger partial charge in [-0.2, -0.15) is 0 Å². The quantitative estimate of drug-likeness (QED) is 0.337. The molecule has 0 aliphatic rings. The second-order valence-corrected chi connectivity index (χ2v) is 8.59. The molecule has 4 rings (SSSR count). The Kier molecular flexibility index (Phi) is 6.65. The summed E-state index contributed by atoms with van der Waals surface area (Å²) in [5, 5.41) is 13.4. The van der Waals surface area contributed by atoms with E-state index < -0.39 is 0 Å². The van der Waals surface area contributed by atoms with Crippen LogP contribution < -0.4 is 5.32 Å². The number of aryl methyl sites for hydroxylation is 1. The molecule has 0 atom stereocenters. The lowest BCUT2D eigenvalue weighted by atomic mass is 10.2. The number of hydrogen-bond acceptors (Lipinski definition) is 5. The molecule has 1 amide bonds. The third-order valence-electron chi connectivity index (χ3n) is 4.51. The number of aromatic nitrogens is 3. The number of nitrogens with zero attached hydrogens (tertiary/aromatic N) is 3. The molecule has 2 aromatic heterocycles. The average molecular weight is 473 g/mol. The number of rotatable bonds is 7. The number of amides is 1. The van der Waals surface area contributed by atoms with Crippen LogP contribution in [0, 0.1) is 6.92 Å². The summed E-state index contributed by atoms with van der Waals surface area (Å²) in [5.41, 5.74) is 2.50. The van der Waals surface area contributed by atoms with Crippen molar-refractivity contribution < 1.29 is 9.21 Å². The van der Waals surface area contributed by atoms with Gasteiger partial charge in [0.2, 0.25) is 5.91 Å². The molecular formula is C22H18Cl2N4O2S. The van der Waals surface area contributed by atoms with E-state index in [1.807, 2.05) is 41.8 Å². The van der Waals surface area contributed by atoms with Crippen LogP contribution in [0.5, 0.6) is 0 Å². The Morgan fingerprint density at radius 1 is 1.10 bits per heavy atom. The number of benzene rings is 2. The van der Waals surface area contributed by atoms with Gasteiger partial charge < -0.3 is 9.73 Å². The molecule has 0 saturated carbocycles. The largest absolute Gasteiger partial charge is 0.467 e. The van der Waals surface area contributed by atoms with Crippen molar-refractivity contribution in [1.29, 1.82) is 0 Å². The van der Waals surface area contributed by atoms with Gasteiger partial charge in [0.25, 0.3) is 0 Å². The number of halogens is 2. The maximum absolute atomic E-state index is 12.5. The Morgan fingerprint density at radius 2 is 1.87 bits per heavy atom. The molecule has 158 valence electrons. The first-order valence-corrected chi connectivity index (χ1v) is 11.1. The smallest absolute Gasteiger partial charge is 0.234 e. The molecule has 0 bridgehead atoms. The highest BCUT2D eigenvalue weighted by Gasteiger charge is 2.17. The first-order chi connectivity index (χ1) is 15.0. The van der Waals surface area contributed by atoms with Crippen molar-refractivity contribution in [2.24, 2.45) is 0 Å². The number of anilines is 1. The SMILES string of the molecule is Cc1cc(Cl)ccc1NC(=O)CSc1nnc(-c2ccc(Cl)cc2)n1Cc1ccco1. The fourth-order valence-corrected chi connectivity index (χ4v) is 4.08. The highest BCUT2D eigenvalue weighted by molar-refractivity contribution is 7.99. The Hall–Kier alpha value is -2.74. The van der Waals surface area contributed by atoms with Crippen molar-refractivity contribution in [1.82, 2.24) is 14.8 Å². The molecule has 0 radical (unpaired) electrons. The van der Waals surface area contributed by atoms with Crippen LogP contribution in [0.4, 0.5) is 5.69 Å². The van der Waals surface area contributed by atoms with Gasteiger partial charge >= 0.3 is 0 Å². The third-order valence-corrected chi connectivity index (χ3v) is 5.96. The van der Waals surface area contributed by atoms with Crippen LogP contribution in [0.2, 0.25) is 10.0 Å². The maximum Gasteiger partial charge on any atom is 0.234 e. The molecule has 2 heterocycles. The zero-order valence-electron chi connectivity index (χ0n) is 16.5. The van der Waals surface area contributed by atoms with Gasteiger partial charge in [-0.1, -0.05) is 35.0 Å². The second-order valence-electron chi connectivity index (χ2n) is 6.77. The number of nitrogens with one attached hydrogen (secondary N) is 1. The van der Waals surface area contributed by atoms with Gasteiger partial charge in [0, 0.05) is 21.3 Å². The highest BCUT2D eigenvalue weighted by atomic mass is 35.5. The second kappa shape index (κ2) is 9.60. The van der Waals surface area contributed by atoms with Gasteiger partial charge in [-0.05, 0) is 67.1 Å². The van der Waals surface area contributed by atoms with Gasteiger partial charge in [0.15, 0.2) is 11.0 Å². The van der Waals surface area contributed by atoms with Crippen LogP contribution in [0.15, 0.2) is 70.4 Å². The van der Waals surface area contributed by atoms with Gasteiger partial charge in [-0.25, -0.2) is 0 Å². The lowest BCUT2D eigenvalue weighted by Gasteiger charge is -2.10. The van der Waals surface area contributed by atoms with Crippen molar-refractivity contribution in [3.8, 4) is 11.4 Å². The zero-order valence-corrected chi connectivity index (χ0v) is 18.8. The molecule has 0 saturated heterocycles. The van der Waals surface area contributed by atoms with Crippen LogP contribution in [-0.4, -0.2) is 26.4 Å². The standard InChI is InChI=1S/C22H18Cl2N4O2S/c1-14-11-17(24)8-9-19(14)25-20(29)13-31-22-27-26-21(15-4-6-16(23)7-5-15)28(22)12-18-3-2-10-30-18/h2-11H,12-13H2,1H3,(H,25,29). The van der Waals surface area contributed by atoms with E-state index in [1.165, 1.54) is 11.8 Å². The van der Waals surface area contributed by atoms with Crippen LogP contribution in [0.25, 0.3) is 11.4 Å². The first kappa shape index (κ1) is 21.5. The molecule has 0 aliphatic heterocycles. The molecular weight excluding hydrogens is 455 g/mol. The molecule has 31 heavy (non-hydrogen) atoms. The van der Waals surface area contributed by atoms with Gasteiger partial charge in [0.1, 0.15) is 5.76 Å². The fourth-order valence-electron chi connectivity index (χ4n) is 2.99. The van der Waals surface area contributed by atoms with Crippen molar-refractivity contribution in [2.45, 2.75) is 18.6 Å².